The smallest absolute Gasteiger partial charge is 0.341 e. The molecular formula is C58H53Br6F2N9O14S. The van der Waals surface area contributed by atoms with Gasteiger partial charge in [-0.2, -0.15) is 0 Å². The van der Waals surface area contributed by atoms with Crippen molar-refractivity contribution in [1.29, 1.82) is 0 Å². The summed E-state index contributed by atoms with van der Waals surface area (Å²) in [6, 6.07) is 25.6. The normalized spacial score (nSPS) is 11.8. The first kappa shape index (κ1) is 70.2. The van der Waals surface area contributed by atoms with Crippen molar-refractivity contribution in [3.8, 4) is 40.2 Å². The monoisotopic (exact) mass is 1640 g/mol. The molecule has 2 atom stereocenters. The van der Waals surface area contributed by atoms with E-state index < -0.39 is 46.9 Å². The number of carbonyl (C=O) groups is 5. The minimum absolute atomic E-state index is 0.190. The molecular weight excluding hydrogens is 1600 g/mol. The highest BCUT2D eigenvalue weighted by molar-refractivity contribution is 9.12. The summed E-state index contributed by atoms with van der Waals surface area (Å²) in [5.41, 5.74) is 5.33. The van der Waals surface area contributed by atoms with Crippen LogP contribution in [0.2, 0.25) is 0 Å². The van der Waals surface area contributed by atoms with E-state index >= 15 is 0 Å². The highest BCUT2D eigenvalue weighted by Crippen LogP contribution is 2.43. The summed E-state index contributed by atoms with van der Waals surface area (Å²) in [6.45, 7) is 9.90. The van der Waals surface area contributed by atoms with Crippen molar-refractivity contribution in [3.05, 3.63) is 129 Å². The molecule has 2 amide bonds. The summed E-state index contributed by atoms with van der Waals surface area (Å²) < 4.78 is 84.7. The Kier molecular flexibility index (Phi) is 24.0. The fourth-order valence-electron chi connectivity index (χ4n) is 8.67. The number of hydrogen-bond acceptors (Lipinski definition) is 14. The third-order valence-corrected chi connectivity index (χ3v) is 16.5. The third-order valence-electron chi connectivity index (χ3n) is 12.4. The summed E-state index contributed by atoms with van der Waals surface area (Å²) >= 11 is 20.4. The van der Waals surface area contributed by atoms with E-state index in [4.69, 9.17) is 34.3 Å². The minimum atomic E-state index is -3.49. The van der Waals surface area contributed by atoms with Crippen molar-refractivity contribution in [2.24, 2.45) is 0 Å². The number of carboxylic acids is 3. The van der Waals surface area contributed by atoms with Gasteiger partial charge in [0, 0.05) is 64.5 Å². The van der Waals surface area contributed by atoms with Crippen molar-refractivity contribution in [2.45, 2.75) is 79.4 Å². The molecule has 9 rings (SSSR count). The zero-order valence-corrected chi connectivity index (χ0v) is 58.3. The number of carbonyl (C=O) groups excluding carboxylic acids is 2. The number of amides is 2. The molecule has 90 heavy (non-hydrogen) atoms. The van der Waals surface area contributed by atoms with E-state index in [1.807, 2.05) is 48.1 Å². The SMILES string of the molecule is CCn1c(NC(C)=O)nc2ccc(Oc3c(Br)cc(CC(F)C(=O)O)cc3Br)cc21.CCn1c(NC(C)=O)nc2ccc(Oc3c(Br)cc(OCC(=O)O)cc3Br)cc21.CCn1c(NS(C)(=O)=O)nc2ccc(Oc3c(Br)cc(CC(F)C(=O)O)cc3Br)cc21. The lowest BCUT2D eigenvalue weighted by atomic mass is 10.1. The number of halogens is 8. The van der Waals surface area contributed by atoms with E-state index in [0.717, 1.165) is 22.8 Å². The Morgan fingerprint density at radius 3 is 1.11 bits per heavy atom. The highest BCUT2D eigenvalue weighted by atomic mass is 79.9. The average molecular weight is 1650 g/mol. The van der Waals surface area contributed by atoms with Gasteiger partial charge < -0.3 is 48.0 Å². The number of imidazole rings is 3. The van der Waals surface area contributed by atoms with Gasteiger partial charge in [0.15, 0.2) is 23.9 Å². The molecule has 0 fully saturated rings. The Hall–Kier alpha value is -7.23. The van der Waals surface area contributed by atoms with E-state index in [1.165, 1.54) is 13.8 Å². The van der Waals surface area contributed by atoms with E-state index in [2.05, 4.69) is 126 Å². The maximum absolute atomic E-state index is 13.5. The Labute approximate surface area is 562 Å². The molecule has 3 heterocycles. The zero-order chi connectivity index (χ0) is 66.1. The maximum atomic E-state index is 13.5. The third kappa shape index (κ3) is 18.3. The van der Waals surface area contributed by atoms with E-state index in [-0.39, 0.29) is 30.6 Å². The lowest BCUT2D eigenvalue weighted by Gasteiger charge is -2.13. The molecule has 0 aliphatic rings. The number of carboxylic acid groups (broad SMARTS) is 3. The second-order valence-corrected chi connectivity index (χ2v) is 26.1. The van der Waals surface area contributed by atoms with Gasteiger partial charge in [-0.25, -0.2) is 46.5 Å². The maximum Gasteiger partial charge on any atom is 0.341 e. The molecule has 23 nitrogen and oxygen atoms in total. The summed E-state index contributed by atoms with van der Waals surface area (Å²) in [7, 11) is -3.49. The van der Waals surface area contributed by atoms with Gasteiger partial charge in [-0.3, -0.25) is 24.9 Å². The van der Waals surface area contributed by atoms with Crippen molar-refractivity contribution in [1.82, 2.24) is 28.7 Å². The number of nitrogens with one attached hydrogen (secondary N) is 3. The number of nitrogens with zero attached hydrogens (tertiary/aromatic N) is 6. The molecule has 0 spiro atoms. The number of benzene rings is 6. The van der Waals surface area contributed by atoms with Gasteiger partial charge in [-0.15, -0.1) is 0 Å². The van der Waals surface area contributed by atoms with Gasteiger partial charge in [0.2, 0.25) is 52.0 Å². The van der Waals surface area contributed by atoms with Crippen LogP contribution in [0.4, 0.5) is 26.6 Å². The average Bonchev–Trinajstić information content (AvgIpc) is 1.63. The van der Waals surface area contributed by atoms with Crippen LogP contribution < -0.4 is 34.3 Å². The van der Waals surface area contributed by atoms with Gasteiger partial charge in [0.1, 0.15) is 23.0 Å². The second kappa shape index (κ2) is 30.7. The van der Waals surface area contributed by atoms with Crippen LogP contribution in [0, 0.1) is 0 Å². The van der Waals surface area contributed by atoms with Crippen LogP contribution in [0.15, 0.2) is 118 Å². The summed E-state index contributed by atoms with van der Waals surface area (Å²) in [6.07, 6.45) is -3.45. The van der Waals surface area contributed by atoms with Crippen LogP contribution in [0.25, 0.3) is 33.1 Å². The molecule has 0 saturated heterocycles. The first-order chi connectivity index (χ1) is 42.4. The van der Waals surface area contributed by atoms with E-state index in [0.29, 0.717) is 126 Å². The van der Waals surface area contributed by atoms with Crippen molar-refractivity contribution in [3.63, 3.8) is 0 Å². The Morgan fingerprint density at radius 1 is 0.511 bits per heavy atom. The van der Waals surface area contributed by atoms with Gasteiger partial charge in [-0.05, 0) is 200 Å². The number of aliphatic carboxylic acids is 3. The van der Waals surface area contributed by atoms with Crippen LogP contribution in [0.1, 0.15) is 45.7 Å². The lowest BCUT2D eigenvalue weighted by Crippen LogP contribution is -2.17. The first-order valence-electron chi connectivity index (χ1n) is 26.6. The second-order valence-electron chi connectivity index (χ2n) is 19.2. The van der Waals surface area contributed by atoms with Crippen LogP contribution in [-0.4, -0.2) is 107 Å². The quantitative estimate of drug-likeness (QED) is 0.0367. The van der Waals surface area contributed by atoms with Gasteiger partial charge >= 0.3 is 17.9 Å². The van der Waals surface area contributed by atoms with E-state index in [1.54, 1.807) is 77.4 Å². The molecule has 0 bridgehead atoms. The van der Waals surface area contributed by atoms with E-state index in [9.17, 15) is 41.2 Å². The summed E-state index contributed by atoms with van der Waals surface area (Å²) in [5, 5.41) is 31.7. The molecule has 6 aromatic carbocycles. The van der Waals surface area contributed by atoms with Crippen LogP contribution >= 0.6 is 95.6 Å². The summed E-state index contributed by atoms with van der Waals surface area (Å²) in [4.78, 5) is 68.2. The molecule has 476 valence electrons. The fraction of sp³-hybridized carbons (Fsp3) is 0.241. The Balaban J connectivity index is 0.000000192. The summed E-state index contributed by atoms with van der Waals surface area (Å²) in [5.74, 6) is 0.0480. The number of ether oxygens (including phenoxy) is 4. The molecule has 2 unspecified atom stereocenters. The number of fused-ring (bicyclic) bond motifs is 3. The molecule has 9 aromatic rings. The minimum Gasteiger partial charge on any atom is -0.482 e. The molecule has 3 aromatic heterocycles. The van der Waals surface area contributed by atoms with Gasteiger partial charge in [0.25, 0.3) is 0 Å². The number of rotatable bonds is 22. The molecule has 0 saturated carbocycles. The fourth-order valence-corrected chi connectivity index (χ4v) is 13.3. The zero-order valence-electron chi connectivity index (χ0n) is 48.0. The molecule has 32 heteroatoms. The van der Waals surface area contributed by atoms with Crippen molar-refractivity contribution < 1.29 is 75.4 Å². The predicted molar refractivity (Wildman–Crippen MR) is 355 cm³/mol. The highest BCUT2D eigenvalue weighted by Gasteiger charge is 2.23. The van der Waals surface area contributed by atoms with Gasteiger partial charge in [-0.1, -0.05) is 0 Å². The standard InChI is InChI=1S/C20H18Br2FN3O4.C19H18Br2FN3O5S.C19H17Br2N3O5/c1-3-26-17-9-12(4-5-16(17)25-20(26)24-10(2)27)30-18-13(21)6-11(7-14(18)22)8-15(23)19(28)29;1-3-25-16-9-11(4-5-15(16)23-19(25)24-31(2,28)29)30-17-12(20)6-10(7-13(17)21)8-14(22)18(26)27;1-3-24-16-8-11(4-5-15(16)23-19(24)22-10(2)25)29-18-13(20)6-12(7-14(18)21)28-9-17(26)27/h4-7,9,15H,3,8H2,1-2H3,(H,28,29)(H,24,25,27);4-7,9,14H,3,8H2,1-2H3,(H,23,24)(H,26,27);4-8H,3,9H2,1-2H3,(H,26,27)(H,22,23,25). The topological polar surface area (TPSA) is 307 Å². The number of alkyl halides is 2. The van der Waals surface area contributed by atoms with Crippen LogP contribution in [-0.2, 0) is 66.5 Å². The first-order valence-corrected chi connectivity index (χ1v) is 33.2. The number of anilines is 3. The predicted octanol–water partition coefficient (Wildman–Crippen LogP) is 14.8. The number of sulfonamides is 1. The molecule has 0 aliphatic carbocycles. The molecule has 0 radical (unpaired) electrons. The number of hydrogen-bond donors (Lipinski definition) is 6. The Bertz CT molecular complexity index is 4290. The van der Waals surface area contributed by atoms with Crippen molar-refractivity contribution >= 4 is 186 Å². The van der Waals surface area contributed by atoms with Gasteiger partial charge in [0.05, 0.1) is 66.2 Å². The molecule has 0 aliphatic heterocycles. The van der Waals surface area contributed by atoms with Crippen LogP contribution in [0.3, 0.4) is 0 Å². The number of aryl methyl sites for hydroxylation is 3. The number of aromatic nitrogens is 6. The lowest BCUT2D eigenvalue weighted by molar-refractivity contribution is -0.143. The largest absolute Gasteiger partial charge is 0.482 e. The molecule has 6 N–H and O–H groups in total. The van der Waals surface area contributed by atoms with Crippen LogP contribution in [0.5, 0.6) is 40.2 Å². The Morgan fingerprint density at radius 2 is 0.822 bits per heavy atom. The van der Waals surface area contributed by atoms with Crippen molar-refractivity contribution in [2.75, 3.05) is 28.2 Å².